The molecule has 10 aromatic rings. The van der Waals surface area contributed by atoms with E-state index in [0.717, 1.165) is 22.7 Å². The van der Waals surface area contributed by atoms with Crippen molar-refractivity contribution in [3.63, 3.8) is 0 Å². The SMILES string of the molecule is c1ccc(-c2ccc(N(c3cccc(-c4c5ccccc5cc5c4c4ccccc4n5-c4ccccc4)c3)c3cccc4ccccc34)cc2)cc1. The van der Waals surface area contributed by atoms with E-state index >= 15 is 0 Å². The molecule has 0 spiro atoms. The van der Waals surface area contributed by atoms with Gasteiger partial charge in [-0.2, -0.15) is 0 Å². The molecule has 52 heavy (non-hydrogen) atoms. The van der Waals surface area contributed by atoms with Gasteiger partial charge in [-0.3, -0.25) is 0 Å². The summed E-state index contributed by atoms with van der Waals surface area (Å²) in [7, 11) is 0. The molecular weight excluding hydrogens is 629 g/mol. The van der Waals surface area contributed by atoms with Crippen LogP contribution in [0, 0.1) is 0 Å². The van der Waals surface area contributed by atoms with Crippen LogP contribution >= 0.6 is 0 Å². The van der Waals surface area contributed by atoms with Crippen molar-refractivity contribution in [3.8, 4) is 27.9 Å². The van der Waals surface area contributed by atoms with Crippen LogP contribution in [0.2, 0.25) is 0 Å². The van der Waals surface area contributed by atoms with Crippen molar-refractivity contribution >= 4 is 60.4 Å². The molecule has 0 saturated heterocycles. The fourth-order valence-electron chi connectivity index (χ4n) is 8.01. The van der Waals surface area contributed by atoms with Gasteiger partial charge in [0.2, 0.25) is 0 Å². The predicted octanol–water partition coefficient (Wildman–Crippen LogP) is 13.9. The average molecular weight is 663 g/mol. The van der Waals surface area contributed by atoms with Gasteiger partial charge >= 0.3 is 0 Å². The Kier molecular flexibility index (Phi) is 7.18. The second-order valence-corrected chi connectivity index (χ2v) is 13.4. The van der Waals surface area contributed by atoms with Crippen LogP contribution in [0.25, 0.3) is 71.3 Å². The Labute approximate surface area is 303 Å². The summed E-state index contributed by atoms with van der Waals surface area (Å²) < 4.78 is 2.42. The summed E-state index contributed by atoms with van der Waals surface area (Å²) in [4.78, 5) is 2.41. The van der Waals surface area contributed by atoms with E-state index in [9.17, 15) is 0 Å². The minimum Gasteiger partial charge on any atom is -0.310 e. The first kappa shape index (κ1) is 30.0. The molecule has 0 aliphatic carbocycles. The molecular formula is C50H34N2. The van der Waals surface area contributed by atoms with E-state index in [0.29, 0.717) is 0 Å². The minimum atomic E-state index is 1.11. The van der Waals surface area contributed by atoms with Gasteiger partial charge in [0.15, 0.2) is 0 Å². The summed E-state index contributed by atoms with van der Waals surface area (Å²) in [5.41, 5.74) is 11.8. The molecule has 2 nitrogen and oxygen atoms in total. The van der Waals surface area contributed by atoms with Crippen LogP contribution in [0.1, 0.15) is 0 Å². The lowest BCUT2D eigenvalue weighted by Gasteiger charge is -2.27. The van der Waals surface area contributed by atoms with Crippen LogP contribution < -0.4 is 4.90 Å². The van der Waals surface area contributed by atoms with E-state index in [1.807, 2.05) is 0 Å². The third-order valence-corrected chi connectivity index (χ3v) is 10.3. The molecule has 0 fully saturated rings. The van der Waals surface area contributed by atoms with Gasteiger partial charge in [-0.15, -0.1) is 0 Å². The monoisotopic (exact) mass is 662 g/mol. The lowest BCUT2D eigenvalue weighted by molar-refractivity contribution is 1.18. The normalized spacial score (nSPS) is 11.5. The summed E-state index contributed by atoms with van der Waals surface area (Å²) in [6.07, 6.45) is 0. The Morgan fingerprint density at radius 3 is 1.75 bits per heavy atom. The van der Waals surface area contributed by atoms with Crippen molar-refractivity contribution in [2.24, 2.45) is 0 Å². The Morgan fingerprint density at radius 1 is 0.346 bits per heavy atom. The maximum Gasteiger partial charge on any atom is 0.0553 e. The number of aromatic nitrogens is 1. The van der Waals surface area contributed by atoms with Crippen LogP contribution in [0.4, 0.5) is 17.1 Å². The molecule has 0 aliphatic rings. The summed E-state index contributed by atoms with van der Waals surface area (Å²) in [5, 5.41) is 7.39. The summed E-state index contributed by atoms with van der Waals surface area (Å²) in [5.74, 6) is 0. The first-order valence-corrected chi connectivity index (χ1v) is 17.9. The van der Waals surface area contributed by atoms with Gasteiger partial charge in [0.05, 0.1) is 16.7 Å². The van der Waals surface area contributed by atoms with Crippen molar-refractivity contribution in [2.45, 2.75) is 0 Å². The van der Waals surface area contributed by atoms with Gasteiger partial charge < -0.3 is 9.47 Å². The molecule has 0 radical (unpaired) electrons. The molecule has 0 atom stereocenters. The average Bonchev–Trinajstić information content (AvgIpc) is 3.55. The zero-order chi connectivity index (χ0) is 34.4. The number of fused-ring (bicyclic) bond motifs is 5. The van der Waals surface area contributed by atoms with E-state index in [1.165, 1.54) is 65.6 Å². The fraction of sp³-hybridized carbons (Fsp3) is 0. The van der Waals surface area contributed by atoms with E-state index in [2.05, 4.69) is 216 Å². The number of hydrogen-bond acceptors (Lipinski definition) is 1. The van der Waals surface area contributed by atoms with E-state index < -0.39 is 0 Å². The third-order valence-electron chi connectivity index (χ3n) is 10.3. The van der Waals surface area contributed by atoms with Gasteiger partial charge in [-0.1, -0.05) is 152 Å². The van der Waals surface area contributed by atoms with Crippen molar-refractivity contribution in [1.29, 1.82) is 0 Å². The van der Waals surface area contributed by atoms with Gasteiger partial charge in [0.25, 0.3) is 0 Å². The number of anilines is 3. The fourth-order valence-corrected chi connectivity index (χ4v) is 8.01. The molecule has 10 rings (SSSR count). The largest absolute Gasteiger partial charge is 0.310 e. The molecule has 244 valence electrons. The van der Waals surface area contributed by atoms with Gasteiger partial charge in [0, 0.05) is 33.2 Å². The first-order valence-electron chi connectivity index (χ1n) is 17.9. The van der Waals surface area contributed by atoms with Crippen molar-refractivity contribution in [2.75, 3.05) is 4.90 Å². The third kappa shape index (κ3) is 4.96. The summed E-state index contributed by atoms with van der Waals surface area (Å²) in [6.45, 7) is 0. The smallest absolute Gasteiger partial charge is 0.0553 e. The number of hydrogen-bond donors (Lipinski definition) is 0. The first-order chi connectivity index (χ1) is 25.8. The topological polar surface area (TPSA) is 8.17 Å². The molecule has 1 heterocycles. The summed E-state index contributed by atoms with van der Waals surface area (Å²) >= 11 is 0. The Hall–Kier alpha value is -6.90. The molecule has 0 saturated carbocycles. The highest BCUT2D eigenvalue weighted by Gasteiger charge is 2.21. The maximum atomic E-state index is 2.42. The number of nitrogens with zero attached hydrogens (tertiary/aromatic N) is 2. The lowest BCUT2D eigenvalue weighted by Crippen LogP contribution is -2.10. The van der Waals surface area contributed by atoms with Crippen LogP contribution in [-0.2, 0) is 0 Å². The second kappa shape index (κ2) is 12.5. The van der Waals surface area contributed by atoms with E-state index in [4.69, 9.17) is 0 Å². The zero-order valence-corrected chi connectivity index (χ0v) is 28.5. The quantitative estimate of drug-likeness (QED) is 0.172. The number of rotatable bonds is 6. The minimum absolute atomic E-state index is 1.11. The lowest BCUT2D eigenvalue weighted by atomic mass is 9.92. The Balaban J connectivity index is 1.23. The molecule has 0 amide bonds. The molecule has 0 unspecified atom stereocenters. The molecule has 1 aromatic heterocycles. The molecule has 0 bridgehead atoms. The Bertz CT molecular complexity index is 2880. The maximum absolute atomic E-state index is 2.42. The number of para-hydroxylation sites is 2. The van der Waals surface area contributed by atoms with Crippen molar-refractivity contribution < 1.29 is 0 Å². The second-order valence-electron chi connectivity index (χ2n) is 13.4. The number of benzene rings is 9. The van der Waals surface area contributed by atoms with Crippen molar-refractivity contribution in [1.82, 2.24) is 4.57 Å². The Morgan fingerprint density at radius 2 is 0.942 bits per heavy atom. The van der Waals surface area contributed by atoms with E-state index in [1.54, 1.807) is 0 Å². The highest BCUT2D eigenvalue weighted by atomic mass is 15.1. The van der Waals surface area contributed by atoms with Crippen LogP contribution in [-0.4, -0.2) is 4.57 Å². The van der Waals surface area contributed by atoms with Crippen LogP contribution in [0.3, 0.4) is 0 Å². The molecule has 0 N–H and O–H groups in total. The zero-order valence-electron chi connectivity index (χ0n) is 28.5. The van der Waals surface area contributed by atoms with Gasteiger partial charge in [0.1, 0.15) is 0 Å². The molecule has 0 aliphatic heterocycles. The van der Waals surface area contributed by atoms with Crippen molar-refractivity contribution in [3.05, 3.63) is 206 Å². The molecule has 2 heteroatoms. The predicted molar refractivity (Wildman–Crippen MR) is 221 cm³/mol. The van der Waals surface area contributed by atoms with E-state index in [-0.39, 0.29) is 0 Å². The standard InChI is InChI=1S/C50H34N2/c1-3-15-35(16-4-1)36-29-31-41(32-30-36)51(46-28-14-19-37-17-7-9-24-43(37)46)42-23-13-20-39(33-42)49-44-25-10-8-18-38(44)34-48-50(49)45-26-11-12-27-47(45)52(48)40-21-5-2-6-22-40/h1-34H. The van der Waals surface area contributed by atoms with Crippen LogP contribution in [0.15, 0.2) is 206 Å². The highest BCUT2D eigenvalue weighted by molar-refractivity contribution is 6.23. The van der Waals surface area contributed by atoms with Gasteiger partial charge in [-0.05, 0) is 93.0 Å². The highest BCUT2D eigenvalue weighted by Crippen LogP contribution is 2.45. The summed E-state index contributed by atoms with van der Waals surface area (Å²) in [6, 6.07) is 74.7. The van der Waals surface area contributed by atoms with Gasteiger partial charge in [-0.25, -0.2) is 0 Å². The molecule has 9 aromatic carbocycles. The van der Waals surface area contributed by atoms with Crippen LogP contribution in [0.5, 0.6) is 0 Å².